The smallest absolute Gasteiger partial charge is 0.247 e. The normalized spacial score (nSPS) is 27.4. The van der Waals surface area contributed by atoms with Crippen LogP contribution in [-0.4, -0.2) is 96.7 Å². The average Bonchev–Trinajstić information content (AvgIpc) is 3.55. The van der Waals surface area contributed by atoms with Crippen LogP contribution in [0.1, 0.15) is 25.7 Å². The molecule has 0 unspecified atom stereocenters. The van der Waals surface area contributed by atoms with Crippen molar-refractivity contribution in [2.75, 3.05) is 62.0 Å². The third-order valence-corrected chi connectivity index (χ3v) is 9.12. The predicted octanol–water partition coefficient (Wildman–Crippen LogP) is 3.22. The second kappa shape index (κ2) is 11.7. The maximum atomic E-state index is 12.3. The number of carbonyl (C=O) groups excluding carboxylic acids is 1. The largest absolute Gasteiger partial charge is 0.468 e. The number of nitrogens with one attached hydrogen (secondary N) is 2. The Bertz CT molecular complexity index is 1280. The molecule has 4 fully saturated rings. The van der Waals surface area contributed by atoms with Crippen LogP contribution < -0.4 is 20.3 Å². The molecule has 4 atom stereocenters. The summed E-state index contributed by atoms with van der Waals surface area (Å²) >= 11 is 6.34. The molecule has 5 heterocycles. The summed E-state index contributed by atoms with van der Waals surface area (Å²) in [6, 6.07) is 5.83. The highest BCUT2D eigenvalue weighted by Gasteiger charge is 2.48. The van der Waals surface area contributed by atoms with E-state index in [2.05, 4.69) is 44.0 Å². The fraction of sp³-hybridized carbons (Fsp3) is 0.552. The van der Waals surface area contributed by atoms with Gasteiger partial charge in [-0.05, 0) is 75.5 Å². The molecule has 4 aliphatic heterocycles. The molecule has 0 radical (unpaired) electrons. The molecule has 0 aliphatic carbocycles. The van der Waals surface area contributed by atoms with Crippen LogP contribution in [0.4, 0.5) is 23.0 Å². The Kier molecular flexibility index (Phi) is 8.06. The molecule has 1 aromatic heterocycles. The first-order chi connectivity index (χ1) is 19.8. The lowest BCUT2D eigenvalue weighted by atomic mass is 9.71. The van der Waals surface area contributed by atoms with Crippen LogP contribution in [0.25, 0.3) is 0 Å². The van der Waals surface area contributed by atoms with Crippen LogP contribution in [0.3, 0.4) is 0 Å². The third-order valence-electron chi connectivity index (χ3n) is 8.87. The minimum atomic E-state index is -0.675. The number of carbonyl (C=O) groups is 1. The van der Waals surface area contributed by atoms with Gasteiger partial charge in [-0.1, -0.05) is 18.2 Å². The first kappa shape index (κ1) is 28.2. The Morgan fingerprint density at radius 3 is 2.66 bits per heavy atom. The van der Waals surface area contributed by atoms with E-state index in [1.165, 1.54) is 25.1 Å². The van der Waals surface area contributed by atoms with Crippen molar-refractivity contribution in [1.29, 1.82) is 0 Å². The molecule has 4 saturated heterocycles. The average molecular weight is 585 g/mol. The first-order valence-electron chi connectivity index (χ1n) is 14.2. The van der Waals surface area contributed by atoms with Crippen molar-refractivity contribution in [3.8, 4) is 5.88 Å². The van der Waals surface area contributed by atoms with E-state index in [4.69, 9.17) is 25.8 Å². The summed E-state index contributed by atoms with van der Waals surface area (Å²) in [5.74, 6) is 0.196. The zero-order valence-electron chi connectivity index (χ0n) is 23.2. The van der Waals surface area contributed by atoms with Crippen LogP contribution in [0.15, 0.2) is 37.1 Å². The van der Waals surface area contributed by atoms with E-state index < -0.39 is 18.3 Å². The molecule has 12 heteroatoms. The summed E-state index contributed by atoms with van der Waals surface area (Å²) in [5.41, 5.74) is 2.78. The van der Waals surface area contributed by atoms with Crippen LogP contribution in [0.2, 0.25) is 5.02 Å². The number of nitrogens with zero attached hydrogens (tertiary/aromatic N) is 4. The summed E-state index contributed by atoms with van der Waals surface area (Å²) in [4.78, 5) is 25.9. The van der Waals surface area contributed by atoms with Crippen molar-refractivity contribution in [3.63, 3.8) is 0 Å². The van der Waals surface area contributed by atoms with Crippen molar-refractivity contribution in [2.24, 2.45) is 5.41 Å². The molecule has 2 aromatic rings. The van der Waals surface area contributed by atoms with E-state index >= 15 is 0 Å². The highest BCUT2D eigenvalue weighted by atomic mass is 35.5. The molecule has 220 valence electrons. The van der Waals surface area contributed by atoms with E-state index in [0.29, 0.717) is 16.8 Å². The number of hydrogen-bond donors (Lipinski definition) is 3. The predicted molar refractivity (Wildman–Crippen MR) is 156 cm³/mol. The number of aliphatic hydroxyl groups excluding tert-OH is 1. The van der Waals surface area contributed by atoms with Gasteiger partial charge in [0.1, 0.15) is 23.3 Å². The number of fused-ring (bicyclic) bond motifs is 1. The zero-order valence-corrected chi connectivity index (χ0v) is 24.0. The SMILES string of the molecule is C=CC(=O)Nc1cc(Nc2ncc(Cl)c(O[C@@H]3CO[C@H]4[C@@H]3OC[C@H]4O)n2)ccc1N1CCC2(CCN(C)CC2)CC1. The van der Waals surface area contributed by atoms with Gasteiger partial charge in [0.2, 0.25) is 17.7 Å². The lowest BCUT2D eigenvalue weighted by Crippen LogP contribution is -2.46. The van der Waals surface area contributed by atoms with Gasteiger partial charge in [0.15, 0.2) is 6.10 Å². The van der Waals surface area contributed by atoms with Crippen molar-refractivity contribution in [3.05, 3.63) is 42.1 Å². The van der Waals surface area contributed by atoms with Gasteiger partial charge in [0.25, 0.3) is 0 Å². The van der Waals surface area contributed by atoms with Gasteiger partial charge in [0, 0.05) is 18.8 Å². The number of rotatable bonds is 7. The van der Waals surface area contributed by atoms with Gasteiger partial charge in [-0.15, -0.1) is 0 Å². The molecule has 3 N–H and O–H groups in total. The standard InChI is InChI=1S/C29H37ClN6O5/c1-3-24(38)33-20-14-18(4-5-21(20)36-12-8-29(9-13-36)6-10-35(2)11-7-29)32-28-31-15-19(30)27(34-28)41-23-17-40-25-22(37)16-39-26(23)25/h3-5,14-15,22-23,25-26,37H,1,6-13,16-17H2,2H3,(H,33,38)(H,31,32,34)/t22-,23-,25-,26-/m1/s1. The number of benzene rings is 1. The number of ether oxygens (including phenoxy) is 3. The number of aliphatic hydroxyl groups is 1. The van der Waals surface area contributed by atoms with Crippen LogP contribution in [0.5, 0.6) is 5.88 Å². The maximum absolute atomic E-state index is 12.3. The van der Waals surface area contributed by atoms with Gasteiger partial charge in [-0.3, -0.25) is 4.79 Å². The van der Waals surface area contributed by atoms with Gasteiger partial charge in [0.05, 0.1) is 30.8 Å². The van der Waals surface area contributed by atoms with Gasteiger partial charge < -0.3 is 39.8 Å². The van der Waals surface area contributed by atoms with Crippen molar-refractivity contribution in [2.45, 2.75) is 50.1 Å². The second-order valence-electron chi connectivity index (χ2n) is 11.5. The molecular formula is C29H37ClN6O5. The fourth-order valence-electron chi connectivity index (χ4n) is 6.30. The Morgan fingerprint density at radius 1 is 1.17 bits per heavy atom. The van der Waals surface area contributed by atoms with Crippen molar-refractivity contribution in [1.82, 2.24) is 14.9 Å². The number of halogens is 1. The van der Waals surface area contributed by atoms with Gasteiger partial charge in [-0.2, -0.15) is 4.98 Å². The molecular weight excluding hydrogens is 548 g/mol. The maximum Gasteiger partial charge on any atom is 0.247 e. The van der Waals surface area contributed by atoms with Crippen LogP contribution >= 0.6 is 11.6 Å². The molecule has 4 aliphatic rings. The first-order valence-corrected chi connectivity index (χ1v) is 14.6. The zero-order chi connectivity index (χ0) is 28.6. The Balaban J connectivity index is 1.17. The van der Waals surface area contributed by atoms with Crippen LogP contribution in [0, 0.1) is 5.41 Å². The Labute approximate surface area is 244 Å². The summed E-state index contributed by atoms with van der Waals surface area (Å²) in [6.07, 6.45) is 5.59. The summed E-state index contributed by atoms with van der Waals surface area (Å²) < 4.78 is 17.3. The second-order valence-corrected chi connectivity index (χ2v) is 11.9. The summed E-state index contributed by atoms with van der Waals surface area (Å²) in [5, 5.41) is 16.4. The Hall–Kier alpha value is -2.96. The molecule has 1 amide bonds. The minimum absolute atomic E-state index is 0.191. The molecule has 0 bridgehead atoms. The molecule has 41 heavy (non-hydrogen) atoms. The molecule has 6 rings (SSSR count). The van der Waals surface area contributed by atoms with E-state index in [-0.39, 0.29) is 42.1 Å². The van der Waals surface area contributed by atoms with E-state index in [9.17, 15) is 9.90 Å². The van der Waals surface area contributed by atoms with Crippen LogP contribution in [-0.2, 0) is 14.3 Å². The molecule has 0 saturated carbocycles. The molecule has 1 aromatic carbocycles. The molecule has 1 spiro atoms. The quantitative estimate of drug-likeness (QED) is 0.418. The topological polar surface area (TPSA) is 121 Å². The number of amides is 1. The lowest BCUT2D eigenvalue weighted by molar-refractivity contribution is -0.111. The summed E-state index contributed by atoms with van der Waals surface area (Å²) in [6.45, 7) is 8.29. The van der Waals surface area contributed by atoms with E-state index in [1.807, 2.05) is 18.2 Å². The number of piperidine rings is 2. The van der Waals surface area contributed by atoms with Gasteiger partial charge in [-0.25, -0.2) is 4.98 Å². The van der Waals surface area contributed by atoms with Gasteiger partial charge >= 0.3 is 0 Å². The van der Waals surface area contributed by atoms with Crippen molar-refractivity contribution < 1.29 is 24.1 Å². The summed E-state index contributed by atoms with van der Waals surface area (Å²) in [7, 11) is 2.20. The fourth-order valence-corrected chi connectivity index (χ4v) is 6.44. The number of anilines is 4. The number of likely N-dealkylation sites (tertiary alicyclic amines) is 1. The monoisotopic (exact) mass is 584 g/mol. The number of aromatic nitrogens is 2. The third kappa shape index (κ3) is 6.00. The van der Waals surface area contributed by atoms with E-state index in [0.717, 1.165) is 44.7 Å². The number of hydrogen-bond acceptors (Lipinski definition) is 10. The molecule has 11 nitrogen and oxygen atoms in total. The lowest BCUT2D eigenvalue weighted by Gasteiger charge is -2.47. The highest BCUT2D eigenvalue weighted by Crippen LogP contribution is 2.43. The minimum Gasteiger partial charge on any atom is -0.468 e. The van der Waals surface area contributed by atoms with Crippen molar-refractivity contribution >= 4 is 40.5 Å². The van der Waals surface area contributed by atoms with E-state index in [1.54, 1.807) is 0 Å². The Morgan fingerprint density at radius 2 is 1.90 bits per heavy atom. The highest BCUT2D eigenvalue weighted by molar-refractivity contribution is 6.31.